The molecule has 0 aromatic heterocycles. The number of unbranched alkanes of at least 4 members (excludes halogenated alkanes) is 3. The van der Waals surface area contributed by atoms with Crippen LogP contribution in [-0.4, -0.2) is 18.7 Å². The van der Waals surface area contributed by atoms with Crippen LogP contribution in [0.1, 0.15) is 46.5 Å². The highest BCUT2D eigenvalue weighted by Crippen LogP contribution is 1.99. The number of nitrogens with zero attached hydrogens (tertiary/aromatic N) is 1. The van der Waals surface area contributed by atoms with Crippen LogP contribution in [0, 0.1) is 0 Å². The molecule has 0 saturated carbocycles. The Kier molecular flexibility index (Phi) is 15.4. The minimum absolute atomic E-state index is 0.583. The second-order valence-corrected chi connectivity index (χ2v) is 2.39. The van der Waals surface area contributed by atoms with E-state index < -0.39 is 0 Å². The monoisotopic (exact) mass is 163 g/mol. The summed E-state index contributed by atoms with van der Waals surface area (Å²) in [4.78, 5) is 0. The smallest absolute Gasteiger partial charge is 0.0287 e. The van der Waals surface area contributed by atoms with E-state index in [9.17, 15) is 4.48 Å². The zero-order valence-corrected chi connectivity index (χ0v) is 8.36. The number of halogens is 1. The molecule has 0 radical (unpaired) electrons. The Morgan fingerprint density at radius 2 is 1.64 bits per heavy atom. The average Bonchev–Trinajstić information content (AvgIpc) is 2.02. The van der Waals surface area contributed by atoms with E-state index >= 15 is 0 Å². The topological polar surface area (TPSA) is 3.24 Å². The lowest BCUT2D eigenvalue weighted by molar-refractivity contribution is 0.0580. The molecule has 0 aromatic rings. The third-order valence-corrected chi connectivity index (χ3v) is 1.32. The van der Waals surface area contributed by atoms with Gasteiger partial charge in [-0.25, -0.2) is 0 Å². The fourth-order valence-electron chi connectivity index (χ4n) is 0.756. The van der Waals surface area contributed by atoms with Gasteiger partial charge in [0.15, 0.2) is 0 Å². The summed E-state index contributed by atoms with van der Waals surface area (Å²) in [5.41, 5.74) is 0. The zero-order chi connectivity index (χ0) is 9.11. The molecule has 1 nitrogen and oxygen atoms in total. The van der Waals surface area contributed by atoms with Crippen LogP contribution in [-0.2, 0) is 0 Å². The normalized spacial score (nSPS) is 9.27. The highest BCUT2D eigenvalue weighted by molar-refractivity contribution is 4.41. The molecule has 0 aliphatic heterocycles. The van der Waals surface area contributed by atoms with Crippen LogP contribution in [0.3, 0.4) is 0 Å². The molecular weight excluding hydrogens is 141 g/mol. The maximum Gasteiger partial charge on any atom is 0.0287 e. The van der Waals surface area contributed by atoms with Crippen LogP contribution in [0.15, 0.2) is 0 Å². The van der Waals surface area contributed by atoms with E-state index in [0.717, 1.165) is 18.0 Å². The molecule has 0 unspecified atom stereocenters. The van der Waals surface area contributed by atoms with Gasteiger partial charge in [-0.1, -0.05) is 40.0 Å². The van der Waals surface area contributed by atoms with Gasteiger partial charge in [0.1, 0.15) is 0 Å². The van der Waals surface area contributed by atoms with Crippen LogP contribution < -0.4 is 0 Å². The molecule has 70 valence electrons. The Morgan fingerprint density at radius 3 is 2.00 bits per heavy atom. The van der Waals surface area contributed by atoms with Crippen molar-refractivity contribution in [2.24, 2.45) is 0 Å². The van der Waals surface area contributed by atoms with E-state index in [-0.39, 0.29) is 0 Å². The summed E-state index contributed by atoms with van der Waals surface area (Å²) in [5, 5.41) is 0.746. The van der Waals surface area contributed by atoms with Gasteiger partial charge in [-0.3, -0.25) is 0 Å². The van der Waals surface area contributed by atoms with E-state index in [2.05, 4.69) is 6.92 Å². The van der Waals surface area contributed by atoms with Gasteiger partial charge in [-0.15, -0.1) is 9.60 Å². The fourth-order valence-corrected chi connectivity index (χ4v) is 0.756. The number of rotatable bonds is 5. The van der Waals surface area contributed by atoms with Gasteiger partial charge in [0.25, 0.3) is 0 Å². The first-order valence-corrected chi connectivity index (χ1v) is 4.64. The zero-order valence-electron chi connectivity index (χ0n) is 8.36. The minimum Gasteiger partial charge on any atom is -0.149 e. The number of hydrogen-bond donors (Lipinski definition) is 0. The summed E-state index contributed by atoms with van der Waals surface area (Å²) in [6.45, 7) is 6.74. The van der Waals surface area contributed by atoms with Crippen molar-refractivity contribution in [2.75, 3.05) is 13.6 Å². The fraction of sp³-hybridized carbons (Fsp3) is 1.00. The average molecular weight is 163 g/mol. The van der Waals surface area contributed by atoms with E-state index in [0.29, 0.717) is 6.54 Å². The molecule has 0 atom stereocenters. The lowest BCUT2D eigenvalue weighted by atomic mass is 10.2. The quantitative estimate of drug-likeness (QED) is 0.443. The molecular formula is C9H22FN. The second kappa shape index (κ2) is 12.6. The van der Waals surface area contributed by atoms with Crippen LogP contribution >= 0.6 is 0 Å². The molecule has 0 saturated heterocycles. The summed E-state index contributed by atoms with van der Waals surface area (Å²) in [7, 11) is 1.46. The van der Waals surface area contributed by atoms with Crippen molar-refractivity contribution in [1.29, 1.82) is 0 Å². The Bertz CT molecular complexity index is 55.5. The van der Waals surface area contributed by atoms with Crippen molar-refractivity contribution >= 4 is 0 Å². The Balaban J connectivity index is 0. The van der Waals surface area contributed by atoms with Gasteiger partial charge < -0.3 is 0 Å². The molecule has 0 amide bonds. The first kappa shape index (κ1) is 13.5. The summed E-state index contributed by atoms with van der Waals surface area (Å²) in [6, 6.07) is 0. The van der Waals surface area contributed by atoms with Gasteiger partial charge >= 0.3 is 0 Å². The van der Waals surface area contributed by atoms with Gasteiger partial charge in [-0.2, -0.15) is 0 Å². The third-order valence-electron chi connectivity index (χ3n) is 1.32. The summed E-state index contributed by atoms with van der Waals surface area (Å²) >= 11 is 0. The van der Waals surface area contributed by atoms with Gasteiger partial charge in [0.05, 0.1) is 0 Å². The van der Waals surface area contributed by atoms with Crippen LogP contribution in [0.4, 0.5) is 4.48 Å². The molecule has 0 heterocycles. The first-order chi connectivity index (χ1) is 5.27. The van der Waals surface area contributed by atoms with Gasteiger partial charge in [-0.05, 0) is 6.42 Å². The number of hydrogen-bond acceptors (Lipinski definition) is 1. The van der Waals surface area contributed by atoms with Crippen molar-refractivity contribution in [2.45, 2.75) is 46.5 Å². The molecule has 0 aromatic carbocycles. The van der Waals surface area contributed by atoms with Gasteiger partial charge in [0.2, 0.25) is 0 Å². The lowest BCUT2D eigenvalue weighted by Crippen LogP contribution is -2.07. The van der Waals surface area contributed by atoms with Crippen molar-refractivity contribution in [3.63, 3.8) is 0 Å². The molecule has 0 bridgehead atoms. The largest absolute Gasteiger partial charge is 0.149 e. The van der Waals surface area contributed by atoms with Crippen molar-refractivity contribution in [3.05, 3.63) is 0 Å². The summed E-state index contributed by atoms with van der Waals surface area (Å²) < 4.78 is 12.0. The van der Waals surface area contributed by atoms with Crippen LogP contribution in [0.2, 0.25) is 0 Å². The third kappa shape index (κ3) is 17.7. The van der Waals surface area contributed by atoms with Crippen LogP contribution in [0.5, 0.6) is 0 Å². The van der Waals surface area contributed by atoms with E-state index in [1.54, 1.807) is 0 Å². The standard InChI is InChI=1S/C7H16FN.C2H6/c1-3-4-5-6-7-9(2)8;1-2/h3-7H2,1-2H3;1-2H3. The van der Waals surface area contributed by atoms with E-state index in [4.69, 9.17) is 0 Å². The maximum absolute atomic E-state index is 12.0. The van der Waals surface area contributed by atoms with Crippen LogP contribution in [0.25, 0.3) is 0 Å². The molecule has 0 rings (SSSR count). The predicted molar refractivity (Wildman–Crippen MR) is 49.2 cm³/mol. The molecule has 11 heavy (non-hydrogen) atoms. The first-order valence-electron chi connectivity index (χ1n) is 4.64. The SMILES string of the molecule is CC.CCCCCCN(C)F. The molecule has 0 N–H and O–H groups in total. The van der Waals surface area contributed by atoms with Crippen molar-refractivity contribution in [3.8, 4) is 0 Å². The van der Waals surface area contributed by atoms with Crippen molar-refractivity contribution in [1.82, 2.24) is 5.12 Å². The molecule has 0 aliphatic rings. The Hall–Kier alpha value is -0.110. The second-order valence-electron chi connectivity index (χ2n) is 2.39. The Labute approximate surface area is 70.5 Å². The highest BCUT2D eigenvalue weighted by Gasteiger charge is 1.91. The summed E-state index contributed by atoms with van der Waals surface area (Å²) in [6.07, 6.45) is 4.59. The maximum atomic E-state index is 12.0. The summed E-state index contributed by atoms with van der Waals surface area (Å²) in [5.74, 6) is 0. The predicted octanol–water partition coefficient (Wildman–Crippen LogP) is 3.41. The lowest BCUT2D eigenvalue weighted by Gasteiger charge is -2.02. The van der Waals surface area contributed by atoms with E-state index in [1.165, 1.54) is 19.9 Å². The van der Waals surface area contributed by atoms with Crippen molar-refractivity contribution < 1.29 is 4.48 Å². The highest BCUT2D eigenvalue weighted by atomic mass is 19.2. The molecule has 0 fully saturated rings. The molecule has 2 heteroatoms. The molecule has 0 aliphatic carbocycles. The molecule has 0 spiro atoms. The van der Waals surface area contributed by atoms with Gasteiger partial charge in [0, 0.05) is 13.6 Å². The van der Waals surface area contributed by atoms with E-state index in [1.807, 2.05) is 13.8 Å². The minimum atomic E-state index is 0.583. The Morgan fingerprint density at radius 1 is 1.09 bits per heavy atom.